The third kappa shape index (κ3) is 5.29. The summed E-state index contributed by atoms with van der Waals surface area (Å²) in [5, 5.41) is 11.9. The molecule has 8 heteroatoms. The molecule has 0 spiro atoms. The molecule has 0 aliphatic rings. The van der Waals surface area contributed by atoms with Gasteiger partial charge in [0.15, 0.2) is 22.5 Å². The molecule has 7 nitrogen and oxygen atoms in total. The summed E-state index contributed by atoms with van der Waals surface area (Å²) < 4.78 is 13.0. The maximum absolute atomic E-state index is 12.2. The number of rotatable bonds is 8. The normalized spacial score (nSPS) is 10.6. The number of hydrogen-bond acceptors (Lipinski definition) is 6. The molecule has 0 bridgehead atoms. The van der Waals surface area contributed by atoms with Crippen molar-refractivity contribution < 1.29 is 14.3 Å². The van der Waals surface area contributed by atoms with Gasteiger partial charge >= 0.3 is 0 Å². The molecule has 0 aliphatic carbocycles. The van der Waals surface area contributed by atoms with Gasteiger partial charge in [-0.2, -0.15) is 0 Å². The summed E-state index contributed by atoms with van der Waals surface area (Å²) in [6.45, 7) is 4.20. The number of thioether (sulfide) groups is 1. The standard InChI is InChI=1S/C21H24N4O3S/c1-14-9-10-17(18(11-14)27-4)28-12-19-23-24-21(25(19)3)29-13-20(26)22-16-8-6-5-7-15(16)2/h5-11H,12-13H2,1-4H3,(H,22,26). The van der Waals surface area contributed by atoms with Crippen LogP contribution in [0, 0.1) is 13.8 Å². The highest BCUT2D eigenvalue weighted by molar-refractivity contribution is 7.99. The highest BCUT2D eigenvalue weighted by atomic mass is 32.2. The van der Waals surface area contributed by atoms with E-state index in [1.807, 2.05) is 67.9 Å². The Kier molecular flexibility index (Phi) is 6.77. The number of benzene rings is 2. The second-order valence-electron chi connectivity index (χ2n) is 6.55. The van der Waals surface area contributed by atoms with Crippen molar-refractivity contribution in [2.45, 2.75) is 25.6 Å². The second kappa shape index (κ2) is 9.47. The minimum Gasteiger partial charge on any atom is -0.493 e. The molecule has 0 saturated carbocycles. The zero-order valence-electron chi connectivity index (χ0n) is 16.9. The molecule has 3 rings (SSSR count). The first-order valence-electron chi connectivity index (χ1n) is 9.12. The number of nitrogens with zero attached hydrogens (tertiary/aromatic N) is 3. The predicted octanol–water partition coefficient (Wildman–Crippen LogP) is 3.75. The number of para-hydroxylation sites is 1. The molecular weight excluding hydrogens is 388 g/mol. The third-order valence-electron chi connectivity index (χ3n) is 4.35. The second-order valence-corrected chi connectivity index (χ2v) is 7.50. The molecule has 152 valence electrons. The molecule has 1 N–H and O–H groups in total. The van der Waals surface area contributed by atoms with Crippen LogP contribution in [-0.4, -0.2) is 33.5 Å². The Labute approximate surface area is 174 Å². The number of carbonyl (C=O) groups is 1. The molecule has 0 aliphatic heterocycles. The minimum absolute atomic E-state index is 0.0884. The van der Waals surface area contributed by atoms with Gasteiger partial charge in [0.25, 0.3) is 0 Å². The first-order chi connectivity index (χ1) is 14.0. The summed E-state index contributed by atoms with van der Waals surface area (Å²) in [6, 6.07) is 13.4. The number of anilines is 1. The lowest BCUT2D eigenvalue weighted by atomic mass is 10.2. The molecule has 0 atom stereocenters. The highest BCUT2D eigenvalue weighted by Crippen LogP contribution is 2.28. The van der Waals surface area contributed by atoms with E-state index in [-0.39, 0.29) is 18.3 Å². The minimum atomic E-state index is -0.0884. The van der Waals surface area contributed by atoms with Crippen molar-refractivity contribution in [1.29, 1.82) is 0 Å². The van der Waals surface area contributed by atoms with Gasteiger partial charge in [-0.15, -0.1) is 10.2 Å². The fourth-order valence-electron chi connectivity index (χ4n) is 2.66. The van der Waals surface area contributed by atoms with E-state index in [0.717, 1.165) is 16.8 Å². The summed E-state index contributed by atoms with van der Waals surface area (Å²) in [5.74, 6) is 2.14. The van der Waals surface area contributed by atoms with Crippen molar-refractivity contribution in [3.8, 4) is 11.5 Å². The highest BCUT2D eigenvalue weighted by Gasteiger charge is 2.13. The van der Waals surface area contributed by atoms with Crippen LogP contribution < -0.4 is 14.8 Å². The summed E-state index contributed by atoms with van der Waals surface area (Å²) >= 11 is 1.33. The smallest absolute Gasteiger partial charge is 0.234 e. The van der Waals surface area contributed by atoms with Gasteiger partial charge in [-0.25, -0.2) is 0 Å². The number of aryl methyl sites for hydroxylation is 2. The lowest BCUT2D eigenvalue weighted by Crippen LogP contribution is -2.15. The van der Waals surface area contributed by atoms with Gasteiger partial charge in [0.05, 0.1) is 12.9 Å². The van der Waals surface area contributed by atoms with E-state index in [1.54, 1.807) is 7.11 Å². The summed E-state index contributed by atoms with van der Waals surface area (Å²) in [5.41, 5.74) is 2.93. The summed E-state index contributed by atoms with van der Waals surface area (Å²) in [4.78, 5) is 12.2. The predicted molar refractivity (Wildman–Crippen MR) is 114 cm³/mol. The Balaban J connectivity index is 1.57. The first-order valence-corrected chi connectivity index (χ1v) is 10.1. The molecule has 1 heterocycles. The SMILES string of the molecule is COc1cc(C)ccc1OCc1nnc(SCC(=O)Nc2ccccc2C)n1C. The maximum atomic E-state index is 12.2. The van der Waals surface area contributed by atoms with Crippen LogP contribution in [-0.2, 0) is 18.4 Å². The van der Waals surface area contributed by atoms with E-state index >= 15 is 0 Å². The maximum Gasteiger partial charge on any atom is 0.234 e. The largest absolute Gasteiger partial charge is 0.493 e. The van der Waals surface area contributed by atoms with Crippen LogP contribution in [0.15, 0.2) is 47.6 Å². The number of hydrogen-bond donors (Lipinski definition) is 1. The van der Waals surface area contributed by atoms with E-state index < -0.39 is 0 Å². The third-order valence-corrected chi connectivity index (χ3v) is 5.37. The van der Waals surface area contributed by atoms with Crippen LogP contribution in [0.4, 0.5) is 5.69 Å². The Hall–Kier alpha value is -3.00. The molecular formula is C21H24N4O3S. The van der Waals surface area contributed by atoms with Crippen molar-refractivity contribution in [1.82, 2.24) is 14.8 Å². The van der Waals surface area contributed by atoms with Gasteiger partial charge < -0.3 is 19.4 Å². The van der Waals surface area contributed by atoms with Crippen LogP contribution in [0.5, 0.6) is 11.5 Å². The van der Waals surface area contributed by atoms with Crippen LogP contribution >= 0.6 is 11.8 Å². The van der Waals surface area contributed by atoms with E-state index in [4.69, 9.17) is 9.47 Å². The lowest BCUT2D eigenvalue weighted by molar-refractivity contribution is -0.113. The Morgan fingerprint density at radius 3 is 2.69 bits per heavy atom. The van der Waals surface area contributed by atoms with Gasteiger partial charge in [-0.05, 0) is 43.2 Å². The summed E-state index contributed by atoms with van der Waals surface area (Å²) in [7, 11) is 3.47. The molecule has 0 saturated heterocycles. The summed E-state index contributed by atoms with van der Waals surface area (Å²) in [6.07, 6.45) is 0. The molecule has 1 aromatic heterocycles. The van der Waals surface area contributed by atoms with E-state index in [0.29, 0.717) is 22.5 Å². The zero-order chi connectivity index (χ0) is 20.8. The molecule has 3 aromatic rings. The van der Waals surface area contributed by atoms with E-state index in [1.165, 1.54) is 11.8 Å². The van der Waals surface area contributed by atoms with Gasteiger partial charge in [0.1, 0.15) is 6.61 Å². The quantitative estimate of drug-likeness (QED) is 0.568. The molecule has 0 radical (unpaired) electrons. The van der Waals surface area contributed by atoms with Crippen LogP contribution in [0.2, 0.25) is 0 Å². The molecule has 29 heavy (non-hydrogen) atoms. The number of carbonyl (C=O) groups excluding carboxylic acids is 1. The topological polar surface area (TPSA) is 78.3 Å². The zero-order valence-corrected chi connectivity index (χ0v) is 17.7. The van der Waals surface area contributed by atoms with Gasteiger partial charge in [-0.3, -0.25) is 4.79 Å². The number of aromatic nitrogens is 3. The molecule has 0 fully saturated rings. The van der Waals surface area contributed by atoms with Crippen LogP contribution in [0.3, 0.4) is 0 Å². The van der Waals surface area contributed by atoms with Crippen molar-refractivity contribution in [3.63, 3.8) is 0 Å². The molecule has 2 aromatic carbocycles. The average molecular weight is 413 g/mol. The van der Waals surface area contributed by atoms with E-state index in [2.05, 4.69) is 15.5 Å². The van der Waals surface area contributed by atoms with E-state index in [9.17, 15) is 4.79 Å². The van der Waals surface area contributed by atoms with Gasteiger partial charge in [0, 0.05) is 12.7 Å². The Morgan fingerprint density at radius 2 is 1.93 bits per heavy atom. The molecule has 1 amide bonds. The Bertz CT molecular complexity index is 1000. The number of ether oxygens (including phenoxy) is 2. The fraction of sp³-hybridized carbons (Fsp3) is 0.286. The van der Waals surface area contributed by atoms with Crippen molar-refractivity contribution in [2.24, 2.45) is 7.05 Å². The monoisotopic (exact) mass is 412 g/mol. The number of amides is 1. The molecule has 0 unspecified atom stereocenters. The van der Waals surface area contributed by atoms with Crippen LogP contribution in [0.1, 0.15) is 17.0 Å². The lowest BCUT2D eigenvalue weighted by Gasteiger charge is -2.11. The average Bonchev–Trinajstić information content (AvgIpc) is 3.06. The number of methoxy groups -OCH3 is 1. The number of nitrogens with one attached hydrogen (secondary N) is 1. The van der Waals surface area contributed by atoms with Crippen molar-refractivity contribution >= 4 is 23.4 Å². The fourth-order valence-corrected chi connectivity index (χ4v) is 3.39. The first kappa shape index (κ1) is 20.7. The Morgan fingerprint density at radius 1 is 1.14 bits per heavy atom. The van der Waals surface area contributed by atoms with Gasteiger partial charge in [-0.1, -0.05) is 36.0 Å². The van der Waals surface area contributed by atoms with Crippen molar-refractivity contribution in [2.75, 3.05) is 18.2 Å². The van der Waals surface area contributed by atoms with Gasteiger partial charge in [0.2, 0.25) is 5.91 Å². The van der Waals surface area contributed by atoms with Crippen molar-refractivity contribution in [3.05, 3.63) is 59.4 Å². The van der Waals surface area contributed by atoms with Crippen LogP contribution in [0.25, 0.3) is 0 Å².